The highest BCUT2D eigenvalue weighted by Crippen LogP contribution is 2.11. The van der Waals surface area contributed by atoms with E-state index in [9.17, 15) is 0 Å². The van der Waals surface area contributed by atoms with Gasteiger partial charge in [-0.05, 0) is 5.92 Å². The van der Waals surface area contributed by atoms with Gasteiger partial charge in [-0.2, -0.15) is 5.26 Å². The first-order chi connectivity index (χ1) is 6.27. The molecule has 2 unspecified atom stereocenters. The molecule has 1 rings (SSSR count). The first-order valence-electron chi connectivity index (χ1n) is 4.99. The van der Waals surface area contributed by atoms with Crippen molar-refractivity contribution in [3.05, 3.63) is 0 Å². The Morgan fingerprint density at radius 1 is 1.69 bits per heavy atom. The van der Waals surface area contributed by atoms with Gasteiger partial charge in [0.1, 0.15) is 6.04 Å². The second kappa shape index (κ2) is 5.21. The normalized spacial score (nSPS) is 26.7. The van der Waals surface area contributed by atoms with Crippen molar-refractivity contribution in [1.82, 2.24) is 4.90 Å². The maximum absolute atomic E-state index is 8.88. The molecule has 0 aromatic rings. The van der Waals surface area contributed by atoms with Crippen LogP contribution in [0.15, 0.2) is 0 Å². The zero-order valence-corrected chi connectivity index (χ0v) is 8.49. The first kappa shape index (κ1) is 10.5. The predicted octanol–water partition coefficient (Wildman–Crippen LogP) is 1.26. The fourth-order valence-corrected chi connectivity index (χ4v) is 1.50. The highest BCUT2D eigenvalue weighted by molar-refractivity contribution is 4.93. The standard InChI is InChI=1S/C10H18N2O/c1-3-9(2)7-12-4-5-13-8-10(12)6-11/h9-10H,3-5,7-8H2,1-2H3. The van der Waals surface area contributed by atoms with E-state index in [1.165, 1.54) is 6.42 Å². The average molecular weight is 182 g/mol. The van der Waals surface area contributed by atoms with Gasteiger partial charge in [-0.1, -0.05) is 20.3 Å². The predicted molar refractivity (Wildman–Crippen MR) is 51.2 cm³/mol. The Morgan fingerprint density at radius 3 is 3.08 bits per heavy atom. The number of rotatable bonds is 3. The minimum Gasteiger partial charge on any atom is -0.377 e. The van der Waals surface area contributed by atoms with Gasteiger partial charge in [0, 0.05) is 13.1 Å². The maximum atomic E-state index is 8.88. The average Bonchev–Trinajstić information content (AvgIpc) is 2.18. The Balaban J connectivity index is 2.41. The summed E-state index contributed by atoms with van der Waals surface area (Å²) in [6.07, 6.45) is 1.18. The lowest BCUT2D eigenvalue weighted by Gasteiger charge is -2.32. The summed E-state index contributed by atoms with van der Waals surface area (Å²) in [5.74, 6) is 0.675. The lowest BCUT2D eigenvalue weighted by molar-refractivity contribution is 0.00667. The molecule has 13 heavy (non-hydrogen) atoms. The van der Waals surface area contributed by atoms with Crippen LogP contribution in [0.4, 0.5) is 0 Å². The third-order valence-corrected chi connectivity index (χ3v) is 2.63. The molecule has 2 atom stereocenters. The Hall–Kier alpha value is -0.590. The van der Waals surface area contributed by atoms with Crippen LogP contribution < -0.4 is 0 Å². The van der Waals surface area contributed by atoms with Crippen LogP contribution in [-0.2, 0) is 4.74 Å². The Bertz CT molecular complexity index is 188. The first-order valence-corrected chi connectivity index (χ1v) is 4.99. The van der Waals surface area contributed by atoms with E-state index < -0.39 is 0 Å². The van der Waals surface area contributed by atoms with Gasteiger partial charge in [0.25, 0.3) is 0 Å². The lowest BCUT2D eigenvalue weighted by Crippen LogP contribution is -2.46. The third-order valence-electron chi connectivity index (χ3n) is 2.63. The minimum atomic E-state index is -0.0252. The van der Waals surface area contributed by atoms with Gasteiger partial charge < -0.3 is 4.74 Å². The van der Waals surface area contributed by atoms with E-state index in [0.29, 0.717) is 12.5 Å². The molecule has 0 amide bonds. The molecule has 0 radical (unpaired) electrons. The SMILES string of the molecule is CCC(C)CN1CCOCC1C#N. The quantitative estimate of drug-likeness (QED) is 0.659. The van der Waals surface area contributed by atoms with Gasteiger partial charge in [-0.15, -0.1) is 0 Å². The van der Waals surface area contributed by atoms with Gasteiger partial charge in [-0.25, -0.2) is 0 Å². The molecule has 74 valence electrons. The fraction of sp³-hybridized carbons (Fsp3) is 0.900. The summed E-state index contributed by atoms with van der Waals surface area (Å²) in [4.78, 5) is 2.23. The summed E-state index contributed by atoms with van der Waals surface area (Å²) < 4.78 is 5.25. The molecule has 0 aromatic carbocycles. The van der Waals surface area contributed by atoms with Crippen LogP contribution in [0.1, 0.15) is 20.3 Å². The molecule has 1 aliphatic rings. The van der Waals surface area contributed by atoms with Crippen LogP contribution in [0.25, 0.3) is 0 Å². The second-order valence-corrected chi connectivity index (χ2v) is 3.73. The summed E-state index contributed by atoms with van der Waals surface area (Å²) in [6.45, 7) is 7.69. The van der Waals surface area contributed by atoms with Crippen molar-refractivity contribution in [3.8, 4) is 6.07 Å². The summed E-state index contributed by atoms with van der Waals surface area (Å²) in [5, 5.41) is 8.88. The van der Waals surface area contributed by atoms with Crippen molar-refractivity contribution >= 4 is 0 Å². The van der Waals surface area contributed by atoms with Crippen LogP contribution in [0.2, 0.25) is 0 Å². The van der Waals surface area contributed by atoms with Crippen molar-refractivity contribution < 1.29 is 4.74 Å². The zero-order chi connectivity index (χ0) is 9.68. The van der Waals surface area contributed by atoms with Crippen molar-refractivity contribution in [2.45, 2.75) is 26.3 Å². The van der Waals surface area contributed by atoms with Crippen LogP contribution >= 0.6 is 0 Å². The Labute approximate surface area is 80.3 Å². The summed E-state index contributed by atoms with van der Waals surface area (Å²) in [6, 6.07) is 2.26. The van der Waals surface area contributed by atoms with Crippen LogP contribution in [0.3, 0.4) is 0 Å². The minimum absolute atomic E-state index is 0.0252. The maximum Gasteiger partial charge on any atom is 0.121 e. The van der Waals surface area contributed by atoms with Crippen LogP contribution in [0, 0.1) is 17.2 Å². The highest BCUT2D eigenvalue weighted by Gasteiger charge is 2.23. The molecular weight excluding hydrogens is 164 g/mol. The van der Waals surface area contributed by atoms with Gasteiger partial charge in [-0.3, -0.25) is 4.90 Å². The molecule has 0 N–H and O–H groups in total. The molecule has 1 fully saturated rings. The number of nitriles is 1. The number of hydrogen-bond donors (Lipinski definition) is 0. The van der Waals surface area contributed by atoms with Gasteiger partial charge >= 0.3 is 0 Å². The topological polar surface area (TPSA) is 36.3 Å². The number of morpholine rings is 1. The smallest absolute Gasteiger partial charge is 0.121 e. The molecular formula is C10H18N2O. The Morgan fingerprint density at radius 2 is 2.46 bits per heavy atom. The van der Waals surface area contributed by atoms with Crippen molar-refractivity contribution in [1.29, 1.82) is 5.26 Å². The summed E-state index contributed by atoms with van der Waals surface area (Å²) in [5.41, 5.74) is 0. The fourth-order valence-electron chi connectivity index (χ4n) is 1.50. The van der Waals surface area contributed by atoms with Gasteiger partial charge in [0.05, 0.1) is 19.3 Å². The van der Waals surface area contributed by atoms with Crippen molar-refractivity contribution in [2.24, 2.45) is 5.92 Å². The molecule has 0 aromatic heterocycles. The molecule has 0 saturated carbocycles. The highest BCUT2D eigenvalue weighted by atomic mass is 16.5. The van der Waals surface area contributed by atoms with E-state index in [2.05, 4.69) is 24.8 Å². The molecule has 0 aliphatic carbocycles. The molecule has 0 spiro atoms. The van der Waals surface area contributed by atoms with E-state index in [4.69, 9.17) is 10.00 Å². The largest absolute Gasteiger partial charge is 0.377 e. The van der Waals surface area contributed by atoms with Crippen LogP contribution in [0.5, 0.6) is 0 Å². The van der Waals surface area contributed by atoms with Crippen LogP contribution in [-0.4, -0.2) is 37.2 Å². The monoisotopic (exact) mass is 182 g/mol. The number of nitrogens with zero attached hydrogens (tertiary/aromatic N) is 2. The van der Waals surface area contributed by atoms with E-state index in [0.717, 1.165) is 19.7 Å². The molecule has 3 nitrogen and oxygen atoms in total. The van der Waals surface area contributed by atoms with Crippen molar-refractivity contribution in [2.75, 3.05) is 26.3 Å². The number of ether oxygens (including phenoxy) is 1. The zero-order valence-electron chi connectivity index (χ0n) is 8.49. The third kappa shape index (κ3) is 2.98. The molecule has 1 saturated heterocycles. The summed E-state index contributed by atoms with van der Waals surface area (Å²) >= 11 is 0. The molecule has 3 heteroatoms. The second-order valence-electron chi connectivity index (χ2n) is 3.73. The summed E-state index contributed by atoms with van der Waals surface area (Å²) in [7, 11) is 0. The lowest BCUT2D eigenvalue weighted by atomic mass is 10.1. The van der Waals surface area contributed by atoms with Crippen molar-refractivity contribution in [3.63, 3.8) is 0 Å². The Kier molecular flexibility index (Phi) is 4.20. The number of hydrogen-bond acceptors (Lipinski definition) is 3. The molecule has 0 bridgehead atoms. The van der Waals surface area contributed by atoms with Gasteiger partial charge in [0.2, 0.25) is 0 Å². The van der Waals surface area contributed by atoms with E-state index in [1.54, 1.807) is 0 Å². The van der Waals surface area contributed by atoms with E-state index in [-0.39, 0.29) is 6.04 Å². The van der Waals surface area contributed by atoms with E-state index >= 15 is 0 Å². The van der Waals surface area contributed by atoms with Gasteiger partial charge in [0.15, 0.2) is 0 Å². The van der Waals surface area contributed by atoms with E-state index in [1.807, 2.05) is 0 Å². The molecule has 1 heterocycles. The molecule has 1 aliphatic heterocycles.